The van der Waals surface area contributed by atoms with Crippen LogP contribution in [0.15, 0.2) is 64.2 Å². The van der Waals surface area contributed by atoms with Crippen LogP contribution in [-0.4, -0.2) is 45.6 Å². The van der Waals surface area contributed by atoms with Gasteiger partial charge in [-0.25, -0.2) is 9.78 Å². The van der Waals surface area contributed by atoms with E-state index in [4.69, 9.17) is 5.41 Å². The Morgan fingerprint density at radius 3 is 2.56 bits per heavy atom. The first-order valence-corrected chi connectivity index (χ1v) is 11.3. The number of imide groups is 1. The number of nitrogens with one attached hydrogen (secondary N) is 2. The summed E-state index contributed by atoms with van der Waals surface area (Å²) in [4.78, 5) is 33.1. The smallest absolute Gasteiger partial charge is 0.332 e. The molecule has 0 bridgehead atoms. The van der Waals surface area contributed by atoms with Gasteiger partial charge in [-0.3, -0.25) is 20.0 Å². The minimum Gasteiger partial charge on any atom is -0.375 e. The van der Waals surface area contributed by atoms with Crippen molar-refractivity contribution in [1.29, 1.82) is 5.41 Å². The molecule has 166 valence electrons. The fourth-order valence-electron chi connectivity index (χ4n) is 3.91. The van der Waals surface area contributed by atoms with Gasteiger partial charge in [0.05, 0.1) is 5.03 Å². The Morgan fingerprint density at radius 1 is 1.19 bits per heavy atom. The number of benzene rings is 1. The molecule has 7 nitrogen and oxygen atoms in total. The Bertz CT molecular complexity index is 1050. The third-order valence-corrected chi connectivity index (χ3v) is 6.67. The Balaban J connectivity index is 1.71. The first-order valence-electron chi connectivity index (χ1n) is 10.5. The molecule has 0 unspecified atom stereocenters. The van der Waals surface area contributed by atoms with E-state index in [0.29, 0.717) is 5.03 Å². The summed E-state index contributed by atoms with van der Waals surface area (Å²) in [5, 5.41) is 12.5. The predicted molar refractivity (Wildman–Crippen MR) is 120 cm³/mol. The average molecular weight is 454 g/mol. The summed E-state index contributed by atoms with van der Waals surface area (Å²) in [7, 11) is 1.45. The SMILES string of the molecule is CN1C(=O)/C(=C(/NCc2ccc(F)nc2)Sc2ccccc2)C(=N)N(C2CCCC2)C1=O. The summed E-state index contributed by atoms with van der Waals surface area (Å²) in [6, 6.07) is 11.9. The molecule has 0 radical (unpaired) electrons. The summed E-state index contributed by atoms with van der Waals surface area (Å²) in [5.74, 6) is -1.16. The highest BCUT2D eigenvalue weighted by Crippen LogP contribution is 2.34. The number of aromatic nitrogens is 1. The number of amidine groups is 1. The van der Waals surface area contributed by atoms with Gasteiger partial charge in [0.2, 0.25) is 5.95 Å². The number of rotatable bonds is 6. The number of urea groups is 1. The van der Waals surface area contributed by atoms with Crippen molar-refractivity contribution in [2.24, 2.45) is 0 Å². The molecule has 2 aliphatic rings. The lowest BCUT2D eigenvalue weighted by Crippen LogP contribution is -2.58. The zero-order valence-corrected chi connectivity index (χ0v) is 18.5. The van der Waals surface area contributed by atoms with Gasteiger partial charge < -0.3 is 5.32 Å². The normalized spacial score (nSPS) is 19.0. The van der Waals surface area contributed by atoms with Gasteiger partial charge in [-0.1, -0.05) is 48.9 Å². The number of thioether (sulfide) groups is 1. The Labute approximate surface area is 190 Å². The summed E-state index contributed by atoms with van der Waals surface area (Å²) in [5.41, 5.74) is 0.882. The van der Waals surface area contributed by atoms with Crippen LogP contribution in [0.2, 0.25) is 0 Å². The lowest BCUT2D eigenvalue weighted by molar-refractivity contribution is -0.123. The van der Waals surface area contributed by atoms with E-state index in [-0.39, 0.29) is 24.0 Å². The van der Waals surface area contributed by atoms with Crippen molar-refractivity contribution in [2.45, 2.75) is 43.2 Å². The quantitative estimate of drug-likeness (QED) is 0.390. The molecule has 1 aromatic heterocycles. The van der Waals surface area contributed by atoms with Gasteiger partial charge in [-0.15, -0.1) is 0 Å². The first-order chi connectivity index (χ1) is 15.5. The van der Waals surface area contributed by atoms with Gasteiger partial charge in [-0.05, 0) is 36.6 Å². The molecule has 2 aromatic rings. The van der Waals surface area contributed by atoms with Crippen LogP contribution in [0.1, 0.15) is 31.2 Å². The van der Waals surface area contributed by atoms with Gasteiger partial charge in [-0.2, -0.15) is 4.39 Å². The number of hydrogen-bond donors (Lipinski definition) is 2. The molecule has 2 fully saturated rings. The Hall–Kier alpha value is -3.20. The van der Waals surface area contributed by atoms with Crippen molar-refractivity contribution >= 4 is 29.5 Å². The van der Waals surface area contributed by atoms with E-state index in [2.05, 4.69) is 10.3 Å². The maximum atomic E-state index is 13.2. The van der Waals surface area contributed by atoms with Gasteiger partial charge >= 0.3 is 6.03 Å². The molecule has 2 heterocycles. The van der Waals surface area contributed by atoms with Crippen molar-refractivity contribution in [2.75, 3.05) is 7.05 Å². The lowest BCUT2D eigenvalue weighted by Gasteiger charge is -2.38. The number of carbonyl (C=O) groups excluding carboxylic acids is 2. The molecular formula is C23H24FN5O2S. The van der Waals surface area contributed by atoms with Crippen LogP contribution in [0.3, 0.4) is 0 Å². The average Bonchev–Trinajstić information content (AvgIpc) is 3.32. The highest BCUT2D eigenvalue weighted by molar-refractivity contribution is 8.03. The van der Waals surface area contributed by atoms with E-state index in [1.54, 1.807) is 6.07 Å². The number of hydrogen-bond acceptors (Lipinski definition) is 6. The maximum Gasteiger partial charge on any atom is 0.332 e. The van der Waals surface area contributed by atoms with E-state index in [1.165, 1.54) is 36.0 Å². The van der Waals surface area contributed by atoms with Crippen molar-refractivity contribution in [1.82, 2.24) is 20.1 Å². The third kappa shape index (κ3) is 4.52. The molecule has 0 atom stereocenters. The molecular weight excluding hydrogens is 429 g/mol. The van der Waals surface area contributed by atoms with Gasteiger partial charge in [0.25, 0.3) is 5.91 Å². The molecule has 1 aliphatic heterocycles. The first kappa shape index (κ1) is 22.0. The number of amides is 3. The molecule has 0 spiro atoms. The Morgan fingerprint density at radius 2 is 1.91 bits per heavy atom. The molecule has 32 heavy (non-hydrogen) atoms. The fraction of sp³-hybridized carbons (Fsp3) is 0.304. The number of likely N-dealkylation sites (N-methyl/N-ethyl adjacent to an activating group) is 1. The number of halogens is 1. The molecule has 2 N–H and O–H groups in total. The van der Waals surface area contributed by atoms with Gasteiger partial charge in [0.1, 0.15) is 11.4 Å². The molecule has 1 aromatic carbocycles. The van der Waals surface area contributed by atoms with Crippen LogP contribution in [0, 0.1) is 11.4 Å². The standard InChI is InChI=1S/C23H24FN5O2S/c1-28-22(30)19(20(25)29(23(28)31)16-7-5-6-8-16)21(32-17-9-3-2-4-10-17)27-14-15-11-12-18(24)26-13-15/h2-4,9-13,16,25,27H,5-8,14H2,1H3/b21-19-,25-20?. The monoisotopic (exact) mass is 453 g/mol. The van der Waals surface area contributed by atoms with Crippen LogP contribution < -0.4 is 5.32 Å². The van der Waals surface area contributed by atoms with Crippen LogP contribution in [0.5, 0.6) is 0 Å². The largest absolute Gasteiger partial charge is 0.375 e. The van der Waals surface area contributed by atoms with Crippen LogP contribution in [0.4, 0.5) is 9.18 Å². The number of pyridine rings is 1. The molecule has 9 heteroatoms. The number of nitrogens with zero attached hydrogens (tertiary/aromatic N) is 3. The molecule has 1 saturated carbocycles. The van der Waals surface area contributed by atoms with E-state index in [1.807, 2.05) is 30.3 Å². The van der Waals surface area contributed by atoms with E-state index in [9.17, 15) is 14.0 Å². The van der Waals surface area contributed by atoms with Crippen molar-refractivity contribution in [3.63, 3.8) is 0 Å². The Kier molecular flexibility index (Phi) is 6.55. The number of carbonyl (C=O) groups is 2. The van der Waals surface area contributed by atoms with Crippen LogP contribution in [0.25, 0.3) is 0 Å². The summed E-state index contributed by atoms with van der Waals surface area (Å²) in [6.07, 6.45) is 5.06. The minimum atomic E-state index is -0.567. The van der Waals surface area contributed by atoms with Crippen molar-refractivity contribution < 1.29 is 14.0 Å². The van der Waals surface area contributed by atoms with Crippen molar-refractivity contribution in [3.05, 3.63) is 70.8 Å². The zero-order chi connectivity index (χ0) is 22.7. The molecule has 1 saturated heterocycles. The molecule has 1 aliphatic carbocycles. The fourth-order valence-corrected chi connectivity index (χ4v) is 4.87. The van der Waals surface area contributed by atoms with E-state index in [0.717, 1.165) is 41.0 Å². The molecule has 3 amide bonds. The highest BCUT2D eigenvalue weighted by Gasteiger charge is 2.43. The third-order valence-electron chi connectivity index (χ3n) is 5.61. The summed E-state index contributed by atoms with van der Waals surface area (Å²) >= 11 is 1.32. The van der Waals surface area contributed by atoms with E-state index < -0.39 is 17.9 Å². The summed E-state index contributed by atoms with van der Waals surface area (Å²) in [6.45, 7) is 0.285. The second kappa shape index (κ2) is 9.52. The predicted octanol–water partition coefficient (Wildman–Crippen LogP) is 4.13. The minimum absolute atomic E-state index is 0.0758. The van der Waals surface area contributed by atoms with Crippen LogP contribution >= 0.6 is 11.8 Å². The van der Waals surface area contributed by atoms with Gasteiger partial charge in [0, 0.05) is 30.7 Å². The van der Waals surface area contributed by atoms with E-state index >= 15 is 0 Å². The second-order valence-electron chi connectivity index (χ2n) is 7.77. The maximum absolute atomic E-state index is 13.2. The molecule has 4 rings (SSSR count). The van der Waals surface area contributed by atoms with Gasteiger partial charge in [0.15, 0.2) is 0 Å². The second-order valence-corrected chi connectivity index (χ2v) is 8.85. The van der Waals surface area contributed by atoms with Crippen molar-refractivity contribution in [3.8, 4) is 0 Å². The summed E-state index contributed by atoms with van der Waals surface area (Å²) < 4.78 is 13.2. The highest BCUT2D eigenvalue weighted by atomic mass is 32.2. The lowest BCUT2D eigenvalue weighted by atomic mass is 10.1. The topological polar surface area (TPSA) is 89.4 Å². The zero-order valence-electron chi connectivity index (χ0n) is 17.7. The van der Waals surface area contributed by atoms with Crippen LogP contribution in [-0.2, 0) is 11.3 Å².